The average Bonchev–Trinajstić information content (AvgIpc) is 3.23. The predicted molar refractivity (Wildman–Crippen MR) is 262 cm³/mol. The third-order valence-corrected chi connectivity index (χ3v) is 12.1. The molecule has 0 bridgehead atoms. The van der Waals surface area contributed by atoms with Crippen molar-refractivity contribution in [1.82, 2.24) is 0 Å². The molecule has 62 heavy (non-hydrogen) atoms. The Morgan fingerprint density at radius 3 is 1.16 bits per heavy atom. The zero-order chi connectivity index (χ0) is 45.6. The SMILES string of the molecule is CCCCCCCCC/C=C/CCCCCCCC(=O)OCC(COCCC(C(=O)O)[N+](C)(C)C)OC(=O)CCCCCCCCC/C=C/CCCCCCCCCCCCC. The van der Waals surface area contributed by atoms with Crippen LogP contribution >= 0.6 is 0 Å². The topological polar surface area (TPSA) is 99.1 Å². The number of aliphatic carboxylic acids is 1. The molecule has 0 aliphatic rings. The van der Waals surface area contributed by atoms with Crippen molar-refractivity contribution in [3.8, 4) is 0 Å². The molecular formula is C54H102NO7+. The second-order valence-corrected chi connectivity index (χ2v) is 19.1. The van der Waals surface area contributed by atoms with E-state index in [1.807, 2.05) is 21.1 Å². The lowest BCUT2D eigenvalue weighted by molar-refractivity contribution is -0.887. The molecule has 0 aromatic heterocycles. The van der Waals surface area contributed by atoms with Crippen LogP contribution in [-0.2, 0) is 28.6 Å². The van der Waals surface area contributed by atoms with Crippen LogP contribution in [0.5, 0.6) is 0 Å². The fourth-order valence-electron chi connectivity index (χ4n) is 7.97. The summed E-state index contributed by atoms with van der Waals surface area (Å²) in [6, 6.07) is -0.615. The van der Waals surface area contributed by atoms with E-state index in [4.69, 9.17) is 14.2 Å². The summed E-state index contributed by atoms with van der Waals surface area (Å²) in [6.45, 7) is 4.76. The van der Waals surface area contributed by atoms with Crippen molar-refractivity contribution in [2.24, 2.45) is 0 Å². The van der Waals surface area contributed by atoms with Gasteiger partial charge in [0.25, 0.3) is 0 Å². The molecule has 0 spiro atoms. The van der Waals surface area contributed by atoms with Gasteiger partial charge in [0.05, 0.1) is 34.4 Å². The minimum Gasteiger partial charge on any atom is -0.477 e. The number of unbranched alkanes of at least 4 members (excludes halogenated alkanes) is 30. The number of carbonyl (C=O) groups excluding carboxylic acids is 2. The Morgan fingerprint density at radius 1 is 0.468 bits per heavy atom. The predicted octanol–water partition coefficient (Wildman–Crippen LogP) is 15.2. The Labute approximate surface area is 383 Å². The van der Waals surface area contributed by atoms with E-state index in [-0.39, 0.29) is 36.2 Å². The van der Waals surface area contributed by atoms with Crippen molar-refractivity contribution in [1.29, 1.82) is 0 Å². The van der Waals surface area contributed by atoms with Crippen LogP contribution in [0.25, 0.3) is 0 Å². The summed E-state index contributed by atoms with van der Waals surface area (Å²) < 4.78 is 17.4. The molecule has 8 heteroatoms. The normalized spacial score (nSPS) is 13.0. The minimum atomic E-state index is -0.874. The molecule has 0 saturated carbocycles. The zero-order valence-corrected chi connectivity index (χ0v) is 41.6. The number of carboxylic acids is 1. The molecule has 364 valence electrons. The van der Waals surface area contributed by atoms with Gasteiger partial charge in [-0.1, -0.05) is 192 Å². The lowest BCUT2D eigenvalue weighted by Gasteiger charge is -2.31. The summed E-state index contributed by atoms with van der Waals surface area (Å²) >= 11 is 0. The van der Waals surface area contributed by atoms with Crippen molar-refractivity contribution in [3.05, 3.63) is 24.3 Å². The van der Waals surface area contributed by atoms with Gasteiger partial charge in [-0.05, 0) is 64.2 Å². The molecule has 0 aromatic rings. The first-order chi connectivity index (χ1) is 30.1. The Balaban J connectivity index is 4.22. The fourth-order valence-corrected chi connectivity index (χ4v) is 7.97. The van der Waals surface area contributed by atoms with Crippen molar-refractivity contribution in [2.75, 3.05) is 41.0 Å². The Kier molecular flexibility index (Phi) is 43.8. The first-order valence-corrected chi connectivity index (χ1v) is 26.4. The molecule has 0 aliphatic heterocycles. The average molecular weight is 877 g/mol. The van der Waals surface area contributed by atoms with Crippen molar-refractivity contribution >= 4 is 17.9 Å². The van der Waals surface area contributed by atoms with E-state index in [2.05, 4.69) is 38.2 Å². The van der Waals surface area contributed by atoms with Crippen molar-refractivity contribution in [3.63, 3.8) is 0 Å². The number of allylic oxidation sites excluding steroid dienone is 4. The first-order valence-electron chi connectivity index (χ1n) is 26.4. The van der Waals surface area contributed by atoms with Gasteiger partial charge in [-0.25, -0.2) is 4.79 Å². The van der Waals surface area contributed by atoms with Crippen LogP contribution in [0.2, 0.25) is 0 Å². The number of nitrogens with zero attached hydrogens (tertiary/aromatic N) is 1. The molecule has 0 radical (unpaired) electrons. The van der Waals surface area contributed by atoms with Crippen LogP contribution < -0.4 is 0 Å². The monoisotopic (exact) mass is 877 g/mol. The molecule has 2 atom stereocenters. The second-order valence-electron chi connectivity index (χ2n) is 19.1. The molecule has 0 amide bonds. The van der Waals surface area contributed by atoms with Gasteiger partial charge in [-0.3, -0.25) is 9.59 Å². The zero-order valence-electron chi connectivity index (χ0n) is 41.6. The minimum absolute atomic E-state index is 0.0536. The molecule has 0 aliphatic carbocycles. The number of rotatable bonds is 48. The number of carboxylic acid groups (broad SMARTS) is 1. The maximum absolute atomic E-state index is 12.8. The largest absolute Gasteiger partial charge is 0.477 e. The van der Waals surface area contributed by atoms with Crippen LogP contribution in [0.3, 0.4) is 0 Å². The number of ether oxygens (including phenoxy) is 3. The number of hydrogen-bond acceptors (Lipinski definition) is 6. The molecule has 0 rings (SSSR count). The second kappa shape index (κ2) is 45.4. The molecule has 1 N–H and O–H groups in total. The first kappa shape index (κ1) is 59.8. The van der Waals surface area contributed by atoms with Crippen LogP contribution in [0.1, 0.15) is 251 Å². The summed E-state index contributed by atoms with van der Waals surface area (Å²) in [7, 11) is 5.54. The Bertz CT molecular complexity index is 1070. The standard InChI is InChI=1S/C54H101NO7/c1-6-8-10-12-14-16-18-20-22-24-25-26-27-28-29-31-33-35-37-39-41-43-45-53(57)62-50(48-60-47-46-51(54(58)59)55(3,4)5)49-61-52(56)44-42-40-38-36-34-32-30-23-21-19-17-15-13-11-9-7-2/h23,27-28,30,50-51H,6-22,24-26,29,31-49H2,1-5H3/p+1/b28-27+,30-23+. The highest BCUT2D eigenvalue weighted by Gasteiger charge is 2.31. The lowest BCUT2D eigenvalue weighted by atomic mass is 10.0. The van der Waals surface area contributed by atoms with Gasteiger partial charge < -0.3 is 23.8 Å². The molecule has 0 fully saturated rings. The van der Waals surface area contributed by atoms with Gasteiger partial charge in [-0.15, -0.1) is 0 Å². The summed E-state index contributed by atoms with van der Waals surface area (Å²) in [6.07, 6.45) is 52.3. The maximum Gasteiger partial charge on any atom is 0.362 e. The molecule has 0 heterocycles. The Hall–Kier alpha value is -2.19. The third kappa shape index (κ3) is 43.1. The van der Waals surface area contributed by atoms with Crippen LogP contribution in [0.4, 0.5) is 0 Å². The summed E-state index contributed by atoms with van der Waals surface area (Å²) in [5.41, 5.74) is 0. The van der Waals surface area contributed by atoms with Gasteiger partial charge in [0.15, 0.2) is 12.1 Å². The van der Waals surface area contributed by atoms with E-state index in [0.29, 0.717) is 19.3 Å². The van der Waals surface area contributed by atoms with E-state index in [0.717, 1.165) is 44.9 Å². The number of quaternary nitrogens is 1. The summed E-state index contributed by atoms with van der Waals surface area (Å²) in [5.74, 6) is -1.47. The van der Waals surface area contributed by atoms with E-state index >= 15 is 0 Å². The number of carbonyl (C=O) groups is 3. The van der Waals surface area contributed by atoms with Crippen LogP contribution in [-0.4, -0.2) is 80.6 Å². The van der Waals surface area contributed by atoms with Gasteiger partial charge in [0.2, 0.25) is 0 Å². The highest BCUT2D eigenvalue weighted by molar-refractivity contribution is 5.72. The number of esters is 2. The van der Waals surface area contributed by atoms with Gasteiger partial charge in [0.1, 0.15) is 6.61 Å². The number of likely N-dealkylation sites (N-methyl/N-ethyl adjacent to an activating group) is 1. The molecule has 8 nitrogen and oxygen atoms in total. The van der Waals surface area contributed by atoms with E-state index in [1.165, 1.54) is 173 Å². The highest BCUT2D eigenvalue weighted by Crippen LogP contribution is 2.16. The van der Waals surface area contributed by atoms with E-state index < -0.39 is 18.1 Å². The maximum atomic E-state index is 12.8. The van der Waals surface area contributed by atoms with Gasteiger partial charge in [-0.2, -0.15) is 0 Å². The van der Waals surface area contributed by atoms with E-state index in [9.17, 15) is 19.5 Å². The Morgan fingerprint density at radius 2 is 0.806 bits per heavy atom. The number of hydrogen-bond donors (Lipinski definition) is 1. The summed E-state index contributed by atoms with van der Waals surface area (Å²) in [4.78, 5) is 37.2. The molecular weight excluding hydrogens is 775 g/mol. The van der Waals surface area contributed by atoms with Crippen molar-refractivity contribution in [2.45, 2.75) is 264 Å². The quantitative estimate of drug-likeness (QED) is 0.0281. The van der Waals surface area contributed by atoms with E-state index in [1.54, 1.807) is 0 Å². The molecule has 0 saturated heterocycles. The summed E-state index contributed by atoms with van der Waals surface area (Å²) in [5, 5.41) is 9.65. The lowest BCUT2D eigenvalue weighted by Crippen LogP contribution is -2.50. The highest BCUT2D eigenvalue weighted by atomic mass is 16.6. The molecule has 0 aromatic carbocycles. The van der Waals surface area contributed by atoms with Gasteiger partial charge in [0, 0.05) is 19.3 Å². The fraction of sp³-hybridized carbons (Fsp3) is 0.870. The molecule has 2 unspecified atom stereocenters. The van der Waals surface area contributed by atoms with Crippen molar-refractivity contribution < 1.29 is 38.2 Å². The van der Waals surface area contributed by atoms with Crippen LogP contribution in [0, 0.1) is 0 Å². The smallest absolute Gasteiger partial charge is 0.362 e. The van der Waals surface area contributed by atoms with Crippen LogP contribution in [0.15, 0.2) is 24.3 Å². The third-order valence-electron chi connectivity index (χ3n) is 12.1. The van der Waals surface area contributed by atoms with Gasteiger partial charge >= 0.3 is 17.9 Å².